The van der Waals surface area contributed by atoms with Gasteiger partial charge in [0.15, 0.2) is 0 Å². The van der Waals surface area contributed by atoms with Gasteiger partial charge >= 0.3 is 12.0 Å². The van der Waals surface area contributed by atoms with Crippen molar-refractivity contribution in [2.45, 2.75) is 38.1 Å². The second-order valence-corrected chi connectivity index (χ2v) is 5.16. The number of nitrogens with one attached hydrogen (secondary N) is 3. The third kappa shape index (κ3) is 4.25. The van der Waals surface area contributed by atoms with Crippen LogP contribution in [0.1, 0.15) is 31.4 Å². The van der Waals surface area contributed by atoms with Gasteiger partial charge in [0.05, 0.1) is 6.33 Å². The summed E-state index contributed by atoms with van der Waals surface area (Å²) in [5.41, 5.74) is 0.673. The maximum Gasteiger partial charge on any atom is 0.326 e. The molecular formula is C13H20N4O3. The third-order valence-corrected chi connectivity index (χ3v) is 3.65. The molecule has 1 aliphatic carbocycles. The van der Waals surface area contributed by atoms with E-state index in [4.69, 9.17) is 5.11 Å². The number of rotatable bonds is 7. The van der Waals surface area contributed by atoms with Crippen LogP contribution in [0.25, 0.3) is 0 Å². The molecule has 2 amide bonds. The van der Waals surface area contributed by atoms with Crippen LogP contribution in [0.4, 0.5) is 4.79 Å². The van der Waals surface area contributed by atoms with E-state index in [0.29, 0.717) is 12.2 Å². The minimum Gasteiger partial charge on any atom is -0.480 e. The summed E-state index contributed by atoms with van der Waals surface area (Å²) in [4.78, 5) is 29.4. The Hall–Kier alpha value is -2.05. The zero-order valence-corrected chi connectivity index (χ0v) is 11.3. The summed E-state index contributed by atoms with van der Waals surface area (Å²) < 4.78 is 0. The van der Waals surface area contributed by atoms with Crippen molar-refractivity contribution in [3.63, 3.8) is 0 Å². The lowest BCUT2D eigenvalue weighted by Gasteiger charge is -2.25. The molecule has 0 aromatic carbocycles. The van der Waals surface area contributed by atoms with Gasteiger partial charge in [0.25, 0.3) is 0 Å². The van der Waals surface area contributed by atoms with Gasteiger partial charge in [-0.15, -0.1) is 0 Å². The number of aliphatic carboxylic acids is 1. The van der Waals surface area contributed by atoms with Crippen molar-refractivity contribution < 1.29 is 14.7 Å². The van der Waals surface area contributed by atoms with Crippen LogP contribution in [0.2, 0.25) is 0 Å². The van der Waals surface area contributed by atoms with Crippen molar-refractivity contribution in [1.29, 1.82) is 0 Å². The molecule has 4 N–H and O–H groups in total. The number of carboxylic acid groups (broad SMARTS) is 1. The molecule has 7 heteroatoms. The highest BCUT2D eigenvalue weighted by atomic mass is 16.4. The number of aromatic nitrogens is 2. The van der Waals surface area contributed by atoms with E-state index in [1.165, 1.54) is 25.6 Å². The largest absolute Gasteiger partial charge is 0.480 e. The molecule has 0 radical (unpaired) electrons. The molecule has 1 aromatic rings. The molecule has 0 bridgehead atoms. The fraction of sp³-hybridized carbons (Fsp3) is 0.615. The zero-order chi connectivity index (χ0) is 14.4. The number of imidazole rings is 1. The fourth-order valence-electron chi connectivity index (χ4n) is 2.20. The number of carbonyl (C=O) groups is 2. The number of carbonyl (C=O) groups excluding carboxylic acids is 1. The fourth-order valence-corrected chi connectivity index (χ4v) is 2.20. The van der Waals surface area contributed by atoms with Crippen LogP contribution < -0.4 is 10.6 Å². The van der Waals surface area contributed by atoms with Gasteiger partial charge in [-0.05, 0) is 12.3 Å². The number of hydrogen-bond donors (Lipinski definition) is 4. The molecule has 20 heavy (non-hydrogen) atoms. The van der Waals surface area contributed by atoms with Crippen LogP contribution >= 0.6 is 0 Å². The Bertz CT molecular complexity index is 442. The van der Waals surface area contributed by atoms with Crippen LogP contribution in [-0.2, 0) is 11.2 Å². The lowest BCUT2D eigenvalue weighted by molar-refractivity contribution is -0.139. The smallest absolute Gasteiger partial charge is 0.326 e. The number of amides is 2. The van der Waals surface area contributed by atoms with E-state index in [2.05, 4.69) is 20.6 Å². The average molecular weight is 280 g/mol. The predicted octanol–water partition coefficient (Wildman–Crippen LogP) is 0.895. The quantitative estimate of drug-likeness (QED) is 0.595. The van der Waals surface area contributed by atoms with Crippen LogP contribution in [0.5, 0.6) is 0 Å². The van der Waals surface area contributed by atoms with Gasteiger partial charge in [-0.2, -0.15) is 0 Å². The Balaban J connectivity index is 1.72. The SMILES string of the molecule is O=C(NCCC1CCC1)N[C@H](Cc1cnc[nH]1)C(=O)O. The Morgan fingerprint density at radius 1 is 1.50 bits per heavy atom. The molecule has 110 valence electrons. The molecule has 0 saturated heterocycles. The van der Waals surface area contributed by atoms with Crippen LogP contribution in [0, 0.1) is 5.92 Å². The summed E-state index contributed by atoms with van der Waals surface area (Å²) >= 11 is 0. The minimum atomic E-state index is -1.06. The first kappa shape index (κ1) is 14.4. The molecule has 0 unspecified atom stereocenters. The van der Waals surface area contributed by atoms with E-state index in [1.807, 2.05) is 0 Å². The molecule has 1 atom stereocenters. The molecule has 0 aliphatic heterocycles. The van der Waals surface area contributed by atoms with E-state index in [-0.39, 0.29) is 6.42 Å². The molecule has 0 spiro atoms. The van der Waals surface area contributed by atoms with Gasteiger partial charge in [0, 0.05) is 24.9 Å². The maximum absolute atomic E-state index is 11.7. The summed E-state index contributed by atoms with van der Waals surface area (Å²) in [5.74, 6) is -0.343. The standard InChI is InChI=1S/C13H20N4O3/c18-12(19)11(6-10-7-14-8-16-10)17-13(20)15-5-4-9-2-1-3-9/h7-9,11H,1-6H2,(H,14,16)(H,18,19)(H2,15,17,20)/t11-/m1/s1. The Morgan fingerprint density at radius 3 is 2.85 bits per heavy atom. The molecule has 1 fully saturated rings. The first-order chi connectivity index (χ1) is 9.65. The maximum atomic E-state index is 11.7. The van der Waals surface area contributed by atoms with Gasteiger partial charge in [-0.1, -0.05) is 19.3 Å². The van der Waals surface area contributed by atoms with E-state index in [1.54, 1.807) is 6.20 Å². The number of H-pyrrole nitrogens is 1. The number of hydrogen-bond acceptors (Lipinski definition) is 3. The monoisotopic (exact) mass is 280 g/mol. The summed E-state index contributed by atoms with van der Waals surface area (Å²) in [6.07, 6.45) is 7.93. The lowest BCUT2D eigenvalue weighted by atomic mass is 9.83. The Labute approximate surface area is 117 Å². The summed E-state index contributed by atoms with van der Waals surface area (Å²) in [7, 11) is 0. The Morgan fingerprint density at radius 2 is 2.30 bits per heavy atom. The lowest BCUT2D eigenvalue weighted by Crippen LogP contribution is -2.47. The highest BCUT2D eigenvalue weighted by Crippen LogP contribution is 2.28. The highest BCUT2D eigenvalue weighted by Gasteiger charge is 2.21. The van der Waals surface area contributed by atoms with E-state index >= 15 is 0 Å². The zero-order valence-electron chi connectivity index (χ0n) is 11.3. The third-order valence-electron chi connectivity index (χ3n) is 3.65. The number of aromatic amines is 1. The van der Waals surface area contributed by atoms with Crippen molar-refractivity contribution in [1.82, 2.24) is 20.6 Å². The molecule has 2 rings (SSSR count). The predicted molar refractivity (Wildman–Crippen MR) is 72.2 cm³/mol. The van der Waals surface area contributed by atoms with Crippen molar-refractivity contribution in [2.75, 3.05) is 6.54 Å². The van der Waals surface area contributed by atoms with E-state index in [0.717, 1.165) is 12.3 Å². The van der Waals surface area contributed by atoms with E-state index in [9.17, 15) is 9.59 Å². The second kappa shape index (κ2) is 6.93. The van der Waals surface area contributed by atoms with Crippen LogP contribution in [-0.4, -0.2) is 39.7 Å². The first-order valence-corrected chi connectivity index (χ1v) is 6.89. The Kier molecular flexibility index (Phi) is 4.97. The molecule has 7 nitrogen and oxygen atoms in total. The van der Waals surface area contributed by atoms with Crippen molar-refractivity contribution in [3.8, 4) is 0 Å². The second-order valence-electron chi connectivity index (χ2n) is 5.16. The van der Waals surface area contributed by atoms with Gasteiger partial charge in [-0.3, -0.25) is 0 Å². The average Bonchev–Trinajstić information content (AvgIpc) is 2.84. The van der Waals surface area contributed by atoms with Crippen LogP contribution in [0.15, 0.2) is 12.5 Å². The topological polar surface area (TPSA) is 107 Å². The molecule has 1 saturated carbocycles. The normalized spacial score (nSPS) is 16.2. The van der Waals surface area contributed by atoms with Gasteiger partial charge in [0.1, 0.15) is 6.04 Å². The first-order valence-electron chi connectivity index (χ1n) is 6.89. The van der Waals surface area contributed by atoms with Crippen molar-refractivity contribution in [2.24, 2.45) is 5.92 Å². The minimum absolute atomic E-state index is 0.186. The van der Waals surface area contributed by atoms with E-state index < -0.39 is 18.0 Å². The number of carboxylic acids is 1. The molecule has 1 aliphatic rings. The summed E-state index contributed by atoms with van der Waals surface area (Å²) in [6, 6.07) is -1.39. The van der Waals surface area contributed by atoms with Gasteiger partial charge in [0.2, 0.25) is 0 Å². The summed E-state index contributed by atoms with van der Waals surface area (Å²) in [5, 5.41) is 14.3. The molecular weight excluding hydrogens is 260 g/mol. The van der Waals surface area contributed by atoms with Gasteiger partial charge < -0.3 is 20.7 Å². The summed E-state index contributed by atoms with van der Waals surface area (Å²) in [6.45, 7) is 0.590. The molecule has 1 aromatic heterocycles. The van der Waals surface area contributed by atoms with Crippen molar-refractivity contribution >= 4 is 12.0 Å². The number of nitrogens with zero attached hydrogens (tertiary/aromatic N) is 1. The van der Waals surface area contributed by atoms with Crippen molar-refractivity contribution in [3.05, 3.63) is 18.2 Å². The molecule has 1 heterocycles. The highest BCUT2D eigenvalue weighted by molar-refractivity contribution is 5.82. The van der Waals surface area contributed by atoms with Gasteiger partial charge in [-0.25, -0.2) is 14.6 Å². The number of urea groups is 1. The van der Waals surface area contributed by atoms with Crippen LogP contribution in [0.3, 0.4) is 0 Å².